The van der Waals surface area contributed by atoms with Crippen molar-refractivity contribution in [3.05, 3.63) is 12.3 Å². The summed E-state index contributed by atoms with van der Waals surface area (Å²) in [5.74, 6) is 0. The molecule has 0 fully saturated rings. The first-order chi connectivity index (χ1) is 6.27. The Morgan fingerprint density at radius 1 is 1.43 bits per heavy atom. The average Bonchev–Trinajstić information content (AvgIpc) is 1.93. The van der Waals surface area contributed by atoms with Crippen LogP contribution in [0.5, 0.6) is 0 Å². The van der Waals surface area contributed by atoms with Crippen molar-refractivity contribution in [3.63, 3.8) is 0 Å². The number of aliphatic imine (C=N–C) groups is 1. The number of hydrogen-bond donors (Lipinski definition) is 1. The molecule has 1 N–H and O–H groups in total. The second-order valence-corrected chi connectivity index (χ2v) is 3.17. The van der Waals surface area contributed by atoms with Crippen molar-refractivity contribution in [3.8, 4) is 0 Å². The molecule has 5 nitrogen and oxygen atoms in total. The second-order valence-electron chi connectivity index (χ2n) is 1.86. The van der Waals surface area contributed by atoms with E-state index in [1.165, 1.54) is 17.0 Å². The fraction of sp³-hybridized carbons (Fsp3) is 0.400. The number of allylic oxidation sites excluding steroid dienone is 1. The van der Waals surface area contributed by atoms with Gasteiger partial charge in [-0.1, -0.05) is 6.08 Å². The van der Waals surface area contributed by atoms with Crippen LogP contribution in [0.2, 0.25) is 0 Å². The summed E-state index contributed by atoms with van der Waals surface area (Å²) in [6.45, 7) is 1.60. The summed E-state index contributed by atoms with van der Waals surface area (Å²) in [7, 11) is -4.88. The Morgan fingerprint density at radius 2 is 2.00 bits per heavy atom. The summed E-state index contributed by atoms with van der Waals surface area (Å²) < 4.78 is 59.3. The maximum absolute atomic E-state index is 11.4. The molecule has 0 aromatic carbocycles. The van der Waals surface area contributed by atoms with E-state index in [1.807, 2.05) is 0 Å². The lowest BCUT2D eigenvalue weighted by Crippen LogP contribution is -2.30. The first-order valence-corrected chi connectivity index (χ1v) is 4.60. The molecule has 82 valence electrons. The number of rotatable bonds is 4. The Bertz CT molecular complexity index is 320. The van der Waals surface area contributed by atoms with Gasteiger partial charge in [-0.25, -0.2) is 4.99 Å². The van der Waals surface area contributed by atoms with Crippen LogP contribution in [0.15, 0.2) is 17.3 Å². The van der Waals surface area contributed by atoms with Gasteiger partial charge in [0.15, 0.2) is 0 Å². The zero-order valence-corrected chi connectivity index (χ0v) is 7.76. The highest BCUT2D eigenvalue weighted by Gasteiger charge is 2.36. The lowest BCUT2D eigenvalue weighted by molar-refractivity contribution is -0.272. The molecule has 0 heterocycles. The molecule has 0 aliphatic carbocycles. The molecule has 0 unspecified atom stereocenters. The predicted molar refractivity (Wildman–Crippen MR) is 42.5 cm³/mol. The van der Waals surface area contributed by atoms with Crippen molar-refractivity contribution in [2.24, 2.45) is 4.99 Å². The summed E-state index contributed by atoms with van der Waals surface area (Å²) in [4.78, 5) is 3.26. The van der Waals surface area contributed by atoms with Crippen LogP contribution >= 0.6 is 0 Å². The molecule has 0 bridgehead atoms. The van der Waals surface area contributed by atoms with Crippen molar-refractivity contribution in [2.75, 3.05) is 0 Å². The van der Waals surface area contributed by atoms with Gasteiger partial charge in [-0.15, -0.1) is 13.2 Å². The molecule has 0 saturated heterocycles. The van der Waals surface area contributed by atoms with Crippen molar-refractivity contribution >= 4 is 16.6 Å². The maximum Gasteiger partial charge on any atom is 0.538 e. The Morgan fingerprint density at radius 3 is 2.43 bits per heavy atom. The van der Waals surface area contributed by atoms with Gasteiger partial charge >= 0.3 is 16.7 Å². The third kappa shape index (κ3) is 7.55. The van der Waals surface area contributed by atoms with Gasteiger partial charge in [0.25, 0.3) is 0 Å². The van der Waals surface area contributed by atoms with Gasteiger partial charge in [0.1, 0.15) is 6.34 Å². The molecule has 9 heteroatoms. The normalized spacial score (nSPS) is 14.0. The van der Waals surface area contributed by atoms with E-state index in [4.69, 9.17) is 0 Å². The number of alkyl halides is 3. The minimum absolute atomic E-state index is 0.557. The lowest BCUT2D eigenvalue weighted by Gasteiger charge is -2.05. The van der Waals surface area contributed by atoms with Crippen LogP contribution in [0.3, 0.4) is 0 Å². The minimum Gasteiger partial charge on any atom is -0.251 e. The van der Waals surface area contributed by atoms with E-state index in [0.29, 0.717) is 6.34 Å². The topological polar surface area (TPSA) is 67.8 Å². The van der Waals surface area contributed by atoms with E-state index >= 15 is 0 Å². The molecule has 0 amide bonds. The molecule has 0 aromatic rings. The van der Waals surface area contributed by atoms with E-state index < -0.39 is 16.7 Å². The molecule has 14 heavy (non-hydrogen) atoms. The number of nitrogens with zero attached hydrogens (tertiary/aromatic N) is 1. The van der Waals surface area contributed by atoms with Crippen LogP contribution < -0.4 is 4.72 Å². The molecule has 0 aliphatic rings. The van der Waals surface area contributed by atoms with Crippen LogP contribution in [0.1, 0.15) is 6.92 Å². The molecular formula is C5H7F3N2O3S. The predicted octanol–water partition coefficient (Wildman–Crippen LogP) is 0.919. The highest BCUT2D eigenvalue weighted by molar-refractivity contribution is 7.85. The SMILES string of the molecule is C/C=C\N=C/NS(=O)(=O)OC(F)(F)F. The van der Waals surface area contributed by atoms with Crippen molar-refractivity contribution < 1.29 is 25.8 Å². The third-order valence-electron chi connectivity index (χ3n) is 0.711. The highest BCUT2D eigenvalue weighted by Crippen LogP contribution is 2.18. The van der Waals surface area contributed by atoms with Crippen molar-refractivity contribution in [1.82, 2.24) is 4.72 Å². The van der Waals surface area contributed by atoms with Gasteiger partial charge in [-0.2, -0.15) is 12.6 Å². The minimum atomic E-state index is -5.25. The molecule has 0 radical (unpaired) electrons. The van der Waals surface area contributed by atoms with Crippen LogP contribution in [-0.2, 0) is 14.5 Å². The number of nitrogens with one attached hydrogen (secondary N) is 1. The van der Waals surface area contributed by atoms with E-state index in [2.05, 4.69) is 9.18 Å². The van der Waals surface area contributed by atoms with Crippen LogP contribution in [-0.4, -0.2) is 21.1 Å². The largest absolute Gasteiger partial charge is 0.538 e. The average molecular weight is 232 g/mol. The van der Waals surface area contributed by atoms with Crippen LogP contribution in [0.25, 0.3) is 0 Å². The summed E-state index contributed by atoms with van der Waals surface area (Å²) in [5.41, 5.74) is 0. The van der Waals surface area contributed by atoms with Gasteiger partial charge in [-0.3, -0.25) is 4.72 Å². The first-order valence-electron chi connectivity index (χ1n) is 3.19. The summed E-state index contributed by atoms with van der Waals surface area (Å²) in [6, 6.07) is 0. The maximum atomic E-state index is 11.4. The van der Waals surface area contributed by atoms with Crippen molar-refractivity contribution in [1.29, 1.82) is 0 Å². The molecular weight excluding hydrogens is 225 g/mol. The highest BCUT2D eigenvalue weighted by atomic mass is 32.2. The van der Waals surface area contributed by atoms with E-state index in [1.54, 1.807) is 6.92 Å². The summed E-state index contributed by atoms with van der Waals surface area (Å²) in [5, 5.41) is 0. The van der Waals surface area contributed by atoms with E-state index in [-0.39, 0.29) is 0 Å². The first kappa shape index (κ1) is 12.9. The smallest absolute Gasteiger partial charge is 0.251 e. The summed E-state index contributed by atoms with van der Waals surface area (Å²) >= 11 is 0. The Balaban J connectivity index is 4.23. The zero-order chi connectivity index (χ0) is 11.2. The molecule has 0 atom stereocenters. The van der Waals surface area contributed by atoms with Crippen LogP contribution in [0, 0.1) is 0 Å². The van der Waals surface area contributed by atoms with E-state index in [0.717, 1.165) is 0 Å². The molecule has 0 saturated carbocycles. The lowest BCUT2D eigenvalue weighted by atomic mass is 10.7. The number of hydrogen-bond acceptors (Lipinski definition) is 4. The number of halogens is 3. The molecule has 0 aliphatic heterocycles. The monoisotopic (exact) mass is 232 g/mol. The van der Waals surface area contributed by atoms with Crippen molar-refractivity contribution in [2.45, 2.75) is 13.3 Å². The fourth-order valence-electron chi connectivity index (χ4n) is 0.373. The molecule has 0 spiro atoms. The van der Waals surface area contributed by atoms with Gasteiger partial charge in [0.2, 0.25) is 0 Å². The molecule has 0 rings (SSSR count). The molecule has 0 aromatic heterocycles. The van der Waals surface area contributed by atoms with Gasteiger partial charge in [0.05, 0.1) is 0 Å². The second kappa shape index (κ2) is 4.96. The standard InChI is InChI=1S/C5H7F3N2O3S/c1-2-3-9-4-10-14(11,12)13-5(6,7)8/h2-4H,1H3,(H,9,10)/b3-2-. The fourth-order valence-corrected chi connectivity index (χ4v) is 0.859. The summed E-state index contributed by atoms with van der Waals surface area (Å²) in [6.07, 6.45) is -2.06. The zero-order valence-electron chi connectivity index (χ0n) is 6.95. The third-order valence-corrected chi connectivity index (χ3v) is 1.51. The quantitative estimate of drug-likeness (QED) is 0.578. The van der Waals surface area contributed by atoms with Crippen LogP contribution in [0.4, 0.5) is 13.2 Å². The van der Waals surface area contributed by atoms with Gasteiger partial charge in [-0.05, 0) is 6.92 Å². The van der Waals surface area contributed by atoms with Gasteiger partial charge < -0.3 is 0 Å². The van der Waals surface area contributed by atoms with Gasteiger partial charge in [0, 0.05) is 6.20 Å². The Hall–Kier alpha value is -1.09. The Kier molecular flexibility index (Phi) is 4.57. The van der Waals surface area contributed by atoms with E-state index in [9.17, 15) is 21.6 Å². The Labute approximate surface area is 78.5 Å².